The summed E-state index contributed by atoms with van der Waals surface area (Å²) in [6.45, 7) is 8.96. The molecule has 0 saturated carbocycles. The molecule has 0 aliphatic heterocycles. The van der Waals surface area contributed by atoms with E-state index in [1.54, 1.807) is 28.4 Å². The van der Waals surface area contributed by atoms with Gasteiger partial charge in [0.05, 0.1) is 28.4 Å². The summed E-state index contributed by atoms with van der Waals surface area (Å²) >= 11 is 0. The molecule has 40 heavy (non-hydrogen) atoms. The van der Waals surface area contributed by atoms with Gasteiger partial charge in [-0.2, -0.15) is 22.3 Å². The van der Waals surface area contributed by atoms with Gasteiger partial charge in [-0.1, -0.05) is 63.2 Å². The normalized spacial score (nSPS) is 10.2. The Morgan fingerprint density at radius 3 is 1.12 bits per heavy atom. The maximum Gasteiger partial charge on any atom is 4.00 e. The van der Waals surface area contributed by atoms with Crippen molar-refractivity contribution in [2.75, 3.05) is 28.4 Å². The van der Waals surface area contributed by atoms with Crippen molar-refractivity contribution in [3.8, 4) is 23.0 Å². The van der Waals surface area contributed by atoms with Crippen LogP contribution < -0.4 is 76.9 Å². The van der Waals surface area contributed by atoms with Crippen LogP contribution in [0.3, 0.4) is 0 Å². The molecule has 0 N–H and O–H groups in total. The average Bonchev–Trinajstić information content (AvgIpc) is 3.12. The second-order valence-corrected chi connectivity index (χ2v) is 12.9. The van der Waals surface area contributed by atoms with E-state index in [2.05, 4.69) is 82.3 Å². The molecule has 0 unspecified atom stereocenters. The molecule has 0 amide bonds. The van der Waals surface area contributed by atoms with Crippen LogP contribution in [0.15, 0.2) is 66.7 Å². The molecule has 4 aromatic carbocycles. The van der Waals surface area contributed by atoms with E-state index in [0.29, 0.717) is 0 Å². The Morgan fingerprint density at radius 1 is 0.500 bits per heavy atom. The minimum absolute atomic E-state index is 0. The van der Waals surface area contributed by atoms with Crippen molar-refractivity contribution in [2.45, 2.75) is 27.7 Å². The monoisotopic (exact) mass is 652 g/mol. The quantitative estimate of drug-likeness (QED) is 0.109. The Bertz CT molecular complexity index is 1270. The summed E-state index contributed by atoms with van der Waals surface area (Å²) in [7, 11) is 3.89. The maximum atomic E-state index is 5.77. The topological polar surface area (TPSA) is 36.9 Å². The van der Waals surface area contributed by atoms with Crippen LogP contribution in [0.5, 0.6) is 23.0 Å². The summed E-state index contributed by atoms with van der Waals surface area (Å²) in [5.74, 6) is 3.06. The van der Waals surface area contributed by atoms with Crippen molar-refractivity contribution < 1.29 is 77.9 Å². The van der Waals surface area contributed by atoms with Crippen LogP contribution in [0, 0.1) is 27.7 Å². The van der Waals surface area contributed by atoms with Crippen LogP contribution in [0.2, 0.25) is 0 Å². The fraction of sp³-hybridized carbons (Fsp3) is 0.258. The van der Waals surface area contributed by atoms with Crippen molar-refractivity contribution >= 4 is 28.8 Å². The Kier molecular flexibility index (Phi) is 15.1. The number of methoxy groups -OCH3 is 4. The minimum atomic E-state index is -2.91. The van der Waals surface area contributed by atoms with Gasteiger partial charge in [-0.05, 0) is 34.6 Å². The molecule has 0 heterocycles. The van der Waals surface area contributed by atoms with Gasteiger partial charge in [0.1, 0.15) is 31.1 Å². The molecular weight excluding hydrogens is 619 g/mol. The minimum Gasteiger partial charge on any atom is -1.00 e. The second kappa shape index (κ2) is 15.9. The predicted octanol–water partition coefficient (Wildman–Crippen LogP) is -4.94. The summed E-state index contributed by atoms with van der Waals surface area (Å²) in [6, 6.07) is 23.4. The molecule has 0 atom stereocenters. The van der Waals surface area contributed by atoms with Gasteiger partial charge in [-0.25, -0.2) is 0 Å². The van der Waals surface area contributed by atoms with E-state index in [1.807, 2.05) is 12.1 Å². The van der Waals surface area contributed by atoms with Gasteiger partial charge >= 0.3 is 21.7 Å². The molecule has 0 aliphatic carbocycles. The Balaban J connectivity index is 0.00000380. The van der Waals surface area contributed by atoms with Crippen LogP contribution in [0.4, 0.5) is 0 Å². The van der Waals surface area contributed by atoms with Crippen molar-refractivity contribution in [2.24, 2.45) is 0 Å². The van der Waals surface area contributed by atoms with Crippen molar-refractivity contribution in [1.29, 1.82) is 0 Å². The molecule has 4 rings (SSSR count). The van der Waals surface area contributed by atoms with Gasteiger partial charge in [0, 0.05) is 12.1 Å². The first kappa shape index (κ1) is 38.0. The fourth-order valence-electron chi connectivity index (χ4n) is 5.45. The third kappa shape index (κ3) is 6.56. The zero-order chi connectivity index (χ0) is 26.0. The average molecular weight is 654 g/mol. The standard InChI is InChI=1S/C31H35O4Si.3ClH.Ti/c1-20-21(2)23(4)31(22(20)3)36(28-12-10-9-11-13-28,29-16-24(32-5)14-25(17-29)33-6)30-18-26(34-7)15-27(19-30)35-8;;;;/h9-19H,1-8H3;3*1H;/q-1;;;;+4/p-3. The van der Waals surface area contributed by atoms with Gasteiger partial charge in [-0.15, -0.1) is 5.19 Å². The van der Waals surface area contributed by atoms with Gasteiger partial charge in [0.25, 0.3) is 0 Å². The zero-order valence-electron chi connectivity index (χ0n) is 24.1. The third-order valence-electron chi connectivity index (χ3n) is 7.59. The third-order valence-corrected chi connectivity index (χ3v) is 12.6. The van der Waals surface area contributed by atoms with Crippen LogP contribution >= 0.6 is 0 Å². The van der Waals surface area contributed by atoms with Crippen LogP contribution in [-0.4, -0.2) is 36.5 Å². The molecule has 4 aromatic rings. The molecular formula is C31H35Cl3O4SiTi. The van der Waals surface area contributed by atoms with E-state index in [1.165, 1.54) is 43.0 Å². The molecule has 4 nitrogen and oxygen atoms in total. The second-order valence-electron chi connectivity index (χ2n) is 9.19. The fourth-order valence-corrected chi connectivity index (χ4v) is 10.9. The van der Waals surface area contributed by atoms with Crippen molar-refractivity contribution in [3.63, 3.8) is 0 Å². The number of rotatable bonds is 8. The molecule has 0 bridgehead atoms. The number of halogens is 3. The molecule has 0 aromatic heterocycles. The Labute approximate surface area is 273 Å². The van der Waals surface area contributed by atoms with E-state index < -0.39 is 8.07 Å². The Morgan fingerprint density at radius 2 is 0.825 bits per heavy atom. The molecule has 0 radical (unpaired) electrons. The van der Waals surface area contributed by atoms with E-state index >= 15 is 0 Å². The molecule has 0 spiro atoms. The first-order chi connectivity index (χ1) is 17.3. The summed E-state index contributed by atoms with van der Waals surface area (Å²) in [5, 5.41) is 5.01. The van der Waals surface area contributed by atoms with E-state index in [-0.39, 0.29) is 58.9 Å². The summed E-state index contributed by atoms with van der Waals surface area (Å²) in [5.41, 5.74) is 5.31. The number of ether oxygens (including phenoxy) is 4. The summed E-state index contributed by atoms with van der Waals surface area (Å²) < 4.78 is 23.1. The Hall–Kier alpha value is -1.99. The van der Waals surface area contributed by atoms with Crippen molar-refractivity contribution in [3.05, 3.63) is 89.0 Å². The summed E-state index contributed by atoms with van der Waals surface area (Å²) in [4.78, 5) is 0. The maximum absolute atomic E-state index is 5.77. The molecule has 0 fully saturated rings. The smallest absolute Gasteiger partial charge is 1.00 e. The van der Waals surface area contributed by atoms with E-state index in [9.17, 15) is 0 Å². The molecule has 0 saturated heterocycles. The van der Waals surface area contributed by atoms with Crippen LogP contribution in [-0.2, 0) is 21.7 Å². The zero-order valence-corrected chi connectivity index (χ0v) is 28.9. The van der Waals surface area contributed by atoms with Gasteiger partial charge in [0.2, 0.25) is 0 Å². The predicted molar refractivity (Wildman–Crippen MR) is 151 cm³/mol. The van der Waals surface area contributed by atoms with Gasteiger partial charge < -0.3 is 56.2 Å². The summed E-state index contributed by atoms with van der Waals surface area (Å²) in [6.07, 6.45) is 0. The first-order valence-corrected chi connectivity index (χ1v) is 14.1. The van der Waals surface area contributed by atoms with Crippen molar-refractivity contribution in [1.82, 2.24) is 0 Å². The largest absolute Gasteiger partial charge is 4.00 e. The molecule has 0 aliphatic rings. The number of benzene rings is 3. The SMILES string of the molecule is COc1cc(OC)cc([Si](c2ccccc2)(c2cc(OC)cc(OC)c2)[c-]2c(C)c(C)c(C)c2C)c1.[Cl-].[Cl-].[Cl-].[Ti+4]. The van der Waals surface area contributed by atoms with Gasteiger partial charge in [-0.3, -0.25) is 0 Å². The molecule has 9 heteroatoms. The van der Waals surface area contributed by atoms with E-state index in [4.69, 9.17) is 18.9 Å². The molecule has 212 valence electrons. The van der Waals surface area contributed by atoms with E-state index in [0.717, 1.165) is 23.0 Å². The first-order valence-electron chi connectivity index (χ1n) is 12.1. The number of hydrogen-bond acceptors (Lipinski definition) is 4. The number of hydrogen-bond donors (Lipinski definition) is 0. The van der Waals surface area contributed by atoms with Crippen LogP contribution in [0.1, 0.15) is 22.3 Å². The van der Waals surface area contributed by atoms with Gasteiger partial charge in [0.15, 0.2) is 0 Å². The van der Waals surface area contributed by atoms with Crippen LogP contribution in [0.25, 0.3) is 0 Å².